The third-order valence-electron chi connectivity index (χ3n) is 4.25. The number of hydrogen-bond donors (Lipinski definition) is 1. The SMILES string of the molecule is [C-]#[N+]C(C)(N)CO[Si](c1ccccc1)(c1ccccc1)C(C)(C)C. The molecule has 0 amide bonds. The molecule has 0 saturated carbocycles. The van der Waals surface area contributed by atoms with Gasteiger partial charge in [0, 0.05) is 6.92 Å². The summed E-state index contributed by atoms with van der Waals surface area (Å²) in [4.78, 5) is 3.52. The summed E-state index contributed by atoms with van der Waals surface area (Å²) in [6, 6.07) is 20.8. The van der Waals surface area contributed by atoms with Gasteiger partial charge in [0.05, 0.1) is 0 Å². The second-order valence-corrected chi connectivity index (χ2v) is 11.7. The Labute approximate surface area is 146 Å². The molecule has 2 N–H and O–H groups in total. The van der Waals surface area contributed by atoms with Gasteiger partial charge in [0.2, 0.25) is 0 Å². The predicted octanol–water partition coefficient (Wildman–Crippen LogP) is 3.16. The fraction of sp³-hybridized carbons (Fsp3) is 0.350. The van der Waals surface area contributed by atoms with E-state index in [1.54, 1.807) is 6.92 Å². The molecular weight excluding hydrogens is 312 g/mol. The molecule has 2 rings (SSSR count). The Morgan fingerprint density at radius 2 is 1.33 bits per heavy atom. The molecule has 0 aliphatic rings. The number of benzene rings is 2. The minimum Gasteiger partial charge on any atom is -0.398 e. The van der Waals surface area contributed by atoms with Gasteiger partial charge < -0.3 is 4.43 Å². The molecule has 24 heavy (non-hydrogen) atoms. The lowest BCUT2D eigenvalue weighted by Gasteiger charge is -2.43. The topological polar surface area (TPSA) is 39.6 Å². The van der Waals surface area contributed by atoms with Gasteiger partial charge in [0.25, 0.3) is 8.32 Å². The summed E-state index contributed by atoms with van der Waals surface area (Å²) in [5, 5.41) is 2.29. The highest BCUT2D eigenvalue weighted by atomic mass is 28.4. The van der Waals surface area contributed by atoms with Gasteiger partial charge >= 0.3 is 5.66 Å². The summed E-state index contributed by atoms with van der Waals surface area (Å²) in [6.45, 7) is 15.9. The molecule has 0 bridgehead atoms. The third-order valence-corrected chi connectivity index (χ3v) is 9.24. The minimum atomic E-state index is -2.60. The molecule has 4 heteroatoms. The molecule has 0 saturated heterocycles. The monoisotopic (exact) mass is 338 g/mol. The zero-order chi connectivity index (χ0) is 17.8. The lowest BCUT2D eigenvalue weighted by molar-refractivity contribution is 0.244. The quantitative estimate of drug-likeness (QED) is 0.672. The first kappa shape index (κ1) is 18.4. The van der Waals surface area contributed by atoms with Crippen LogP contribution in [-0.2, 0) is 4.43 Å². The van der Waals surface area contributed by atoms with Crippen LogP contribution in [0.5, 0.6) is 0 Å². The van der Waals surface area contributed by atoms with Gasteiger partial charge in [-0.2, -0.15) is 0 Å². The van der Waals surface area contributed by atoms with E-state index in [1.807, 2.05) is 36.4 Å². The fourth-order valence-electron chi connectivity index (χ4n) is 3.05. The second kappa shape index (κ2) is 6.90. The van der Waals surface area contributed by atoms with Crippen LogP contribution in [0.3, 0.4) is 0 Å². The van der Waals surface area contributed by atoms with Gasteiger partial charge in [-0.05, 0) is 15.4 Å². The normalized spacial score (nSPS) is 14.7. The maximum atomic E-state index is 7.31. The Morgan fingerprint density at radius 3 is 1.67 bits per heavy atom. The molecule has 0 aliphatic heterocycles. The number of nitrogens with two attached hydrogens (primary N) is 1. The maximum Gasteiger partial charge on any atom is 0.302 e. The number of rotatable bonds is 5. The predicted molar refractivity (Wildman–Crippen MR) is 103 cm³/mol. The first-order chi connectivity index (χ1) is 11.2. The van der Waals surface area contributed by atoms with Crippen molar-refractivity contribution in [1.82, 2.24) is 0 Å². The van der Waals surface area contributed by atoms with E-state index in [4.69, 9.17) is 16.7 Å². The van der Waals surface area contributed by atoms with Crippen LogP contribution in [0.4, 0.5) is 0 Å². The average Bonchev–Trinajstić information content (AvgIpc) is 2.56. The highest BCUT2D eigenvalue weighted by molar-refractivity contribution is 6.99. The van der Waals surface area contributed by atoms with Crippen molar-refractivity contribution in [2.24, 2.45) is 5.73 Å². The van der Waals surface area contributed by atoms with Gasteiger partial charge in [-0.1, -0.05) is 81.4 Å². The van der Waals surface area contributed by atoms with Crippen LogP contribution in [0, 0.1) is 6.57 Å². The lowest BCUT2D eigenvalue weighted by atomic mass is 10.2. The van der Waals surface area contributed by atoms with E-state index in [2.05, 4.69) is 49.9 Å². The van der Waals surface area contributed by atoms with Gasteiger partial charge in [-0.15, -0.1) is 0 Å². The molecule has 1 atom stereocenters. The number of nitrogens with zero attached hydrogens (tertiary/aromatic N) is 1. The van der Waals surface area contributed by atoms with E-state index < -0.39 is 14.0 Å². The van der Waals surface area contributed by atoms with E-state index in [0.717, 1.165) is 0 Å². The van der Waals surface area contributed by atoms with E-state index in [1.165, 1.54) is 10.4 Å². The molecule has 1 unspecified atom stereocenters. The van der Waals surface area contributed by atoms with Gasteiger partial charge in [-0.25, -0.2) is 6.57 Å². The molecule has 0 aromatic heterocycles. The van der Waals surface area contributed by atoms with Gasteiger partial charge in [0.1, 0.15) is 6.61 Å². The highest BCUT2D eigenvalue weighted by Gasteiger charge is 2.51. The van der Waals surface area contributed by atoms with Crippen molar-refractivity contribution in [2.45, 2.75) is 38.4 Å². The second-order valence-electron chi connectivity index (χ2n) is 7.42. The Hall–Kier alpha value is -1.93. The molecule has 126 valence electrons. The van der Waals surface area contributed by atoms with Crippen LogP contribution in [0.1, 0.15) is 27.7 Å². The van der Waals surface area contributed by atoms with Crippen molar-refractivity contribution in [3.8, 4) is 0 Å². The van der Waals surface area contributed by atoms with Crippen molar-refractivity contribution >= 4 is 18.7 Å². The molecular formula is C20H26N2OSi. The first-order valence-electron chi connectivity index (χ1n) is 8.15. The van der Waals surface area contributed by atoms with Crippen molar-refractivity contribution in [1.29, 1.82) is 0 Å². The summed E-state index contributed by atoms with van der Waals surface area (Å²) >= 11 is 0. The van der Waals surface area contributed by atoms with Crippen LogP contribution in [0.25, 0.3) is 4.85 Å². The first-order valence-corrected chi connectivity index (χ1v) is 10.1. The summed E-state index contributed by atoms with van der Waals surface area (Å²) in [6.07, 6.45) is 0. The van der Waals surface area contributed by atoms with Gasteiger partial charge in [0.15, 0.2) is 0 Å². The van der Waals surface area contributed by atoms with Crippen LogP contribution in [0.15, 0.2) is 60.7 Å². The molecule has 0 heterocycles. The zero-order valence-corrected chi connectivity index (χ0v) is 15.9. The summed E-state index contributed by atoms with van der Waals surface area (Å²) in [5.74, 6) is 0. The smallest absolute Gasteiger partial charge is 0.302 e. The zero-order valence-electron chi connectivity index (χ0n) is 14.9. The summed E-state index contributed by atoms with van der Waals surface area (Å²) in [7, 11) is -2.60. The van der Waals surface area contributed by atoms with Crippen molar-refractivity contribution < 1.29 is 4.43 Å². The van der Waals surface area contributed by atoms with Crippen LogP contribution >= 0.6 is 0 Å². The summed E-state index contributed by atoms with van der Waals surface area (Å²) in [5.41, 5.74) is 5.04. The van der Waals surface area contributed by atoms with E-state index >= 15 is 0 Å². The molecule has 0 aliphatic carbocycles. The Morgan fingerprint density at radius 1 is 0.917 bits per heavy atom. The Balaban J connectivity index is 2.64. The maximum absolute atomic E-state index is 7.31. The van der Waals surface area contributed by atoms with Crippen LogP contribution in [0.2, 0.25) is 5.04 Å². The molecule has 0 radical (unpaired) electrons. The minimum absolute atomic E-state index is 0.103. The molecule has 2 aromatic carbocycles. The average molecular weight is 339 g/mol. The van der Waals surface area contributed by atoms with E-state index in [-0.39, 0.29) is 11.6 Å². The Kier molecular flexibility index (Phi) is 5.29. The fourth-order valence-corrected chi connectivity index (χ4v) is 7.71. The molecule has 3 nitrogen and oxygen atoms in total. The van der Waals surface area contributed by atoms with E-state index in [0.29, 0.717) is 0 Å². The van der Waals surface area contributed by atoms with Gasteiger partial charge in [-0.3, -0.25) is 10.6 Å². The standard InChI is InChI=1S/C20H26N2OSi/c1-19(2,3)24(17-12-8-6-9-13-17,18-14-10-7-11-15-18)23-16-20(4,21)22-5/h6-15H,16,21H2,1-4H3. The largest absolute Gasteiger partial charge is 0.398 e. The highest BCUT2D eigenvalue weighted by Crippen LogP contribution is 2.37. The third kappa shape index (κ3) is 3.59. The van der Waals surface area contributed by atoms with Crippen molar-refractivity contribution in [3.63, 3.8) is 0 Å². The van der Waals surface area contributed by atoms with Crippen LogP contribution < -0.4 is 16.1 Å². The molecule has 0 spiro atoms. The molecule has 2 aromatic rings. The van der Waals surface area contributed by atoms with Crippen molar-refractivity contribution in [2.75, 3.05) is 6.61 Å². The Bertz CT molecular complexity index is 660. The summed E-state index contributed by atoms with van der Waals surface area (Å²) < 4.78 is 6.62. The van der Waals surface area contributed by atoms with E-state index in [9.17, 15) is 0 Å². The number of hydrogen-bond acceptors (Lipinski definition) is 2. The van der Waals surface area contributed by atoms with Crippen LogP contribution in [-0.4, -0.2) is 20.6 Å². The molecule has 0 fully saturated rings. The lowest BCUT2D eigenvalue weighted by Crippen LogP contribution is -2.67. The van der Waals surface area contributed by atoms with Crippen molar-refractivity contribution in [3.05, 3.63) is 72.1 Å².